The van der Waals surface area contributed by atoms with Crippen LogP contribution in [0.4, 0.5) is 5.82 Å². The Morgan fingerprint density at radius 1 is 1.59 bits per heavy atom. The Morgan fingerprint density at radius 2 is 2.41 bits per heavy atom. The van der Waals surface area contributed by atoms with Crippen LogP contribution in [-0.2, 0) is 9.53 Å². The van der Waals surface area contributed by atoms with Crippen LogP contribution in [0, 0.1) is 0 Å². The fraction of sp³-hybridized carbons (Fsp3) is 0.500. The third-order valence-corrected chi connectivity index (χ3v) is 2.74. The number of carbonyl (C=O) groups excluding carboxylic acids is 1. The molecule has 17 heavy (non-hydrogen) atoms. The number of rotatable bonds is 3. The van der Waals surface area contributed by atoms with Crippen LogP contribution in [-0.4, -0.2) is 30.2 Å². The molecule has 0 radical (unpaired) electrons. The van der Waals surface area contributed by atoms with Gasteiger partial charge < -0.3 is 14.8 Å². The van der Waals surface area contributed by atoms with Crippen molar-refractivity contribution < 1.29 is 14.3 Å². The second kappa shape index (κ2) is 5.14. The standard InChI is InChI=1S/C12H16N2O3/c1-8-3-4-10(17-8)12(15)14-11-7-9(16-2)5-6-13-11/h5-8,10H,3-4H2,1-2H3,(H,13,14,15)/t8-,10-/m0/s1. The van der Waals surface area contributed by atoms with Gasteiger partial charge in [0.1, 0.15) is 17.7 Å². The van der Waals surface area contributed by atoms with Gasteiger partial charge in [0, 0.05) is 12.3 Å². The predicted molar refractivity (Wildman–Crippen MR) is 63.0 cm³/mol. The zero-order valence-corrected chi connectivity index (χ0v) is 9.97. The van der Waals surface area contributed by atoms with E-state index in [2.05, 4.69) is 10.3 Å². The first kappa shape index (κ1) is 11.9. The summed E-state index contributed by atoms with van der Waals surface area (Å²) in [5.41, 5.74) is 0. The van der Waals surface area contributed by atoms with Crippen LogP contribution in [0.2, 0.25) is 0 Å². The number of hydrogen-bond acceptors (Lipinski definition) is 4. The highest BCUT2D eigenvalue weighted by atomic mass is 16.5. The van der Waals surface area contributed by atoms with Crippen LogP contribution in [0.25, 0.3) is 0 Å². The van der Waals surface area contributed by atoms with E-state index in [1.54, 1.807) is 25.4 Å². The van der Waals surface area contributed by atoms with Crippen molar-refractivity contribution in [3.8, 4) is 5.75 Å². The zero-order chi connectivity index (χ0) is 12.3. The van der Waals surface area contributed by atoms with Crippen LogP contribution in [0.15, 0.2) is 18.3 Å². The van der Waals surface area contributed by atoms with Crippen molar-refractivity contribution in [3.63, 3.8) is 0 Å². The summed E-state index contributed by atoms with van der Waals surface area (Å²) >= 11 is 0. The highest BCUT2D eigenvalue weighted by Gasteiger charge is 2.28. The van der Waals surface area contributed by atoms with Gasteiger partial charge in [0.25, 0.3) is 5.91 Å². The molecule has 0 saturated carbocycles. The van der Waals surface area contributed by atoms with Gasteiger partial charge in [-0.05, 0) is 25.8 Å². The lowest BCUT2D eigenvalue weighted by Crippen LogP contribution is -2.28. The lowest BCUT2D eigenvalue weighted by molar-refractivity contribution is -0.126. The molecule has 92 valence electrons. The van der Waals surface area contributed by atoms with Gasteiger partial charge in [0.2, 0.25) is 0 Å². The quantitative estimate of drug-likeness (QED) is 0.865. The van der Waals surface area contributed by atoms with Gasteiger partial charge in [-0.2, -0.15) is 0 Å². The maximum absolute atomic E-state index is 11.8. The first-order valence-corrected chi connectivity index (χ1v) is 5.65. The van der Waals surface area contributed by atoms with Crippen LogP contribution in [0.1, 0.15) is 19.8 Å². The second-order valence-electron chi connectivity index (χ2n) is 4.08. The summed E-state index contributed by atoms with van der Waals surface area (Å²) in [5.74, 6) is 1.00. The minimum atomic E-state index is -0.363. The molecule has 1 saturated heterocycles. The SMILES string of the molecule is COc1ccnc(NC(=O)[C@@H]2CC[C@H](C)O2)c1. The average molecular weight is 236 g/mol. The van der Waals surface area contributed by atoms with Crippen LogP contribution < -0.4 is 10.1 Å². The largest absolute Gasteiger partial charge is 0.497 e. The van der Waals surface area contributed by atoms with Crippen molar-refractivity contribution in [2.75, 3.05) is 12.4 Å². The van der Waals surface area contributed by atoms with E-state index < -0.39 is 0 Å². The highest BCUT2D eigenvalue weighted by Crippen LogP contribution is 2.21. The van der Waals surface area contributed by atoms with Crippen LogP contribution in [0.3, 0.4) is 0 Å². The Labute approximate surface area is 100 Å². The van der Waals surface area contributed by atoms with Crippen molar-refractivity contribution in [2.24, 2.45) is 0 Å². The molecule has 1 fully saturated rings. The minimum Gasteiger partial charge on any atom is -0.497 e. The normalized spacial score (nSPS) is 23.4. The van der Waals surface area contributed by atoms with Crippen LogP contribution in [0.5, 0.6) is 5.75 Å². The van der Waals surface area contributed by atoms with E-state index in [4.69, 9.17) is 9.47 Å². The first-order valence-electron chi connectivity index (χ1n) is 5.65. The number of aromatic nitrogens is 1. The average Bonchev–Trinajstić information content (AvgIpc) is 2.76. The fourth-order valence-electron chi connectivity index (χ4n) is 1.81. The number of nitrogens with zero attached hydrogens (tertiary/aromatic N) is 1. The van der Waals surface area contributed by atoms with Crippen molar-refractivity contribution in [1.82, 2.24) is 4.98 Å². The van der Waals surface area contributed by atoms with Crippen LogP contribution >= 0.6 is 0 Å². The Bertz CT molecular complexity index is 408. The topological polar surface area (TPSA) is 60.5 Å². The zero-order valence-electron chi connectivity index (χ0n) is 9.97. The van der Waals surface area contributed by atoms with Gasteiger partial charge in [-0.3, -0.25) is 4.79 Å². The van der Waals surface area contributed by atoms with Gasteiger partial charge in [-0.25, -0.2) is 4.98 Å². The molecule has 1 aliphatic heterocycles. The number of carbonyl (C=O) groups is 1. The molecule has 1 N–H and O–H groups in total. The Balaban J connectivity index is 1.98. The van der Waals surface area contributed by atoms with E-state index in [9.17, 15) is 4.79 Å². The van der Waals surface area contributed by atoms with Gasteiger partial charge in [0.05, 0.1) is 13.2 Å². The van der Waals surface area contributed by atoms with E-state index in [-0.39, 0.29) is 18.1 Å². The predicted octanol–water partition coefficient (Wildman–Crippen LogP) is 1.60. The van der Waals surface area contributed by atoms with Crippen molar-refractivity contribution in [3.05, 3.63) is 18.3 Å². The number of anilines is 1. The number of pyridine rings is 1. The third-order valence-electron chi connectivity index (χ3n) is 2.74. The van der Waals surface area contributed by atoms with E-state index in [1.165, 1.54) is 0 Å². The van der Waals surface area contributed by atoms with Crippen molar-refractivity contribution >= 4 is 11.7 Å². The third kappa shape index (κ3) is 2.94. The molecule has 1 aliphatic rings. The highest BCUT2D eigenvalue weighted by molar-refractivity contribution is 5.93. The first-order chi connectivity index (χ1) is 8.19. The molecule has 0 aromatic carbocycles. The molecule has 5 nitrogen and oxygen atoms in total. The molecule has 5 heteroatoms. The summed E-state index contributed by atoms with van der Waals surface area (Å²) < 4.78 is 10.5. The second-order valence-corrected chi connectivity index (χ2v) is 4.08. The lowest BCUT2D eigenvalue weighted by atomic mass is 10.2. The molecule has 2 atom stereocenters. The molecule has 2 rings (SSSR count). The van der Waals surface area contributed by atoms with Gasteiger partial charge in [0.15, 0.2) is 0 Å². The molecule has 0 aliphatic carbocycles. The van der Waals surface area contributed by atoms with E-state index >= 15 is 0 Å². The number of nitrogens with one attached hydrogen (secondary N) is 1. The minimum absolute atomic E-state index is 0.143. The lowest BCUT2D eigenvalue weighted by Gasteiger charge is -2.11. The number of ether oxygens (including phenoxy) is 2. The Morgan fingerprint density at radius 3 is 3.06 bits per heavy atom. The van der Waals surface area contributed by atoms with Crippen molar-refractivity contribution in [2.45, 2.75) is 32.0 Å². The van der Waals surface area contributed by atoms with E-state index in [1.807, 2.05) is 6.92 Å². The summed E-state index contributed by atoms with van der Waals surface area (Å²) in [6.07, 6.45) is 3.06. The summed E-state index contributed by atoms with van der Waals surface area (Å²) in [6.45, 7) is 1.97. The maximum atomic E-state index is 11.8. The fourth-order valence-corrected chi connectivity index (χ4v) is 1.81. The van der Waals surface area contributed by atoms with Gasteiger partial charge in [-0.1, -0.05) is 0 Å². The molecular weight excluding hydrogens is 220 g/mol. The number of hydrogen-bond donors (Lipinski definition) is 1. The molecule has 0 spiro atoms. The summed E-state index contributed by atoms with van der Waals surface area (Å²) in [4.78, 5) is 15.9. The van der Waals surface area contributed by atoms with E-state index in [0.717, 1.165) is 12.8 Å². The molecule has 1 amide bonds. The smallest absolute Gasteiger partial charge is 0.254 e. The molecule has 0 unspecified atom stereocenters. The summed E-state index contributed by atoms with van der Waals surface area (Å²) in [5, 5.41) is 2.72. The van der Waals surface area contributed by atoms with Gasteiger partial charge in [-0.15, -0.1) is 0 Å². The van der Waals surface area contributed by atoms with Crippen molar-refractivity contribution in [1.29, 1.82) is 0 Å². The molecular formula is C12H16N2O3. The van der Waals surface area contributed by atoms with E-state index in [0.29, 0.717) is 11.6 Å². The summed E-state index contributed by atoms with van der Waals surface area (Å²) in [7, 11) is 1.57. The molecule has 0 bridgehead atoms. The number of amides is 1. The maximum Gasteiger partial charge on any atom is 0.254 e. The number of methoxy groups -OCH3 is 1. The molecule has 2 heterocycles. The molecule has 1 aromatic rings. The summed E-state index contributed by atoms with van der Waals surface area (Å²) in [6, 6.07) is 3.40. The Kier molecular flexibility index (Phi) is 3.58. The molecule has 1 aromatic heterocycles. The Hall–Kier alpha value is -1.62. The monoisotopic (exact) mass is 236 g/mol. The van der Waals surface area contributed by atoms with Gasteiger partial charge >= 0.3 is 0 Å².